The van der Waals surface area contributed by atoms with E-state index in [-0.39, 0.29) is 0 Å². The second kappa shape index (κ2) is 4.15. The Morgan fingerprint density at radius 1 is 1.31 bits per heavy atom. The lowest BCUT2D eigenvalue weighted by Crippen LogP contribution is -2.06. The van der Waals surface area contributed by atoms with Crippen molar-refractivity contribution in [1.29, 1.82) is 0 Å². The van der Waals surface area contributed by atoms with Gasteiger partial charge in [-0.25, -0.2) is 0 Å². The molecular weight excluding hydrogens is 240 g/mol. The summed E-state index contributed by atoms with van der Waals surface area (Å²) in [4.78, 5) is 13.2. The summed E-state index contributed by atoms with van der Waals surface area (Å²) in [6.45, 7) is 0. The van der Waals surface area contributed by atoms with Gasteiger partial charge in [-0.05, 0) is 36.8 Å². The van der Waals surface area contributed by atoms with E-state index in [1.807, 2.05) is 12.1 Å². The Kier molecular flexibility index (Phi) is 2.80. The third-order valence-electron chi connectivity index (χ3n) is 4.01. The first-order chi connectivity index (χ1) is 7.75. The van der Waals surface area contributed by atoms with Crippen LogP contribution in [0.2, 0.25) is 4.34 Å². The fraction of sp³-hybridized carbons (Fsp3) is 0.615. The van der Waals surface area contributed by atoms with Gasteiger partial charge in [0.2, 0.25) is 0 Å². The van der Waals surface area contributed by atoms with Crippen LogP contribution in [0.25, 0.3) is 0 Å². The van der Waals surface area contributed by atoms with Gasteiger partial charge >= 0.3 is 0 Å². The highest BCUT2D eigenvalue weighted by Crippen LogP contribution is 2.56. The van der Waals surface area contributed by atoms with Crippen LogP contribution >= 0.6 is 22.9 Å². The quantitative estimate of drug-likeness (QED) is 0.798. The predicted molar refractivity (Wildman–Crippen MR) is 67.0 cm³/mol. The molecular formula is C13H15ClOS. The second-order valence-corrected chi connectivity index (χ2v) is 6.79. The fourth-order valence-corrected chi connectivity index (χ4v) is 4.30. The Bertz CT molecular complexity index is 400. The molecule has 0 aromatic carbocycles. The summed E-state index contributed by atoms with van der Waals surface area (Å²) in [6, 6.07) is 3.87. The number of Topliss-reactive ketones (excluding diaryl/α,β-unsaturated/α-hetero) is 1. The first-order valence-corrected chi connectivity index (χ1v) is 7.22. The van der Waals surface area contributed by atoms with Gasteiger partial charge in [-0.15, -0.1) is 11.3 Å². The maximum atomic E-state index is 12.1. The summed E-state index contributed by atoms with van der Waals surface area (Å²) in [5.41, 5.74) is 0. The van der Waals surface area contributed by atoms with Gasteiger partial charge in [-0.2, -0.15) is 0 Å². The molecule has 86 valence electrons. The van der Waals surface area contributed by atoms with Gasteiger partial charge in [0.1, 0.15) is 5.78 Å². The molecule has 2 aliphatic rings. The maximum Gasteiger partial charge on any atom is 0.141 e. The van der Waals surface area contributed by atoms with Gasteiger partial charge in [0.05, 0.1) is 4.34 Å². The molecule has 1 nitrogen and oxygen atoms in total. The zero-order chi connectivity index (χ0) is 11.1. The molecule has 1 aromatic rings. The van der Waals surface area contributed by atoms with Crippen molar-refractivity contribution in [2.75, 3.05) is 0 Å². The van der Waals surface area contributed by atoms with Gasteiger partial charge in [-0.1, -0.05) is 24.4 Å². The fourth-order valence-electron chi connectivity index (χ4n) is 3.21. The number of ketones is 1. The van der Waals surface area contributed by atoms with Gasteiger partial charge in [0, 0.05) is 17.2 Å². The smallest absolute Gasteiger partial charge is 0.141 e. The summed E-state index contributed by atoms with van der Waals surface area (Å²) >= 11 is 7.41. The lowest BCUT2D eigenvalue weighted by Gasteiger charge is -2.04. The molecule has 2 saturated carbocycles. The van der Waals surface area contributed by atoms with Crippen molar-refractivity contribution in [2.45, 2.75) is 32.1 Å². The average molecular weight is 255 g/mol. The molecule has 0 saturated heterocycles. The zero-order valence-electron chi connectivity index (χ0n) is 9.12. The number of rotatable bonds is 3. The number of carbonyl (C=O) groups is 1. The van der Waals surface area contributed by atoms with Crippen LogP contribution in [0, 0.1) is 17.8 Å². The van der Waals surface area contributed by atoms with Crippen LogP contribution in [0.15, 0.2) is 12.1 Å². The monoisotopic (exact) mass is 254 g/mol. The first kappa shape index (κ1) is 10.8. The molecule has 2 fully saturated rings. The van der Waals surface area contributed by atoms with E-state index in [1.54, 1.807) is 0 Å². The van der Waals surface area contributed by atoms with E-state index >= 15 is 0 Å². The number of carbonyl (C=O) groups excluding carboxylic acids is 1. The highest BCUT2D eigenvalue weighted by atomic mass is 35.5. The summed E-state index contributed by atoms with van der Waals surface area (Å²) in [5, 5.41) is 0. The summed E-state index contributed by atoms with van der Waals surface area (Å²) in [6.07, 6.45) is 5.83. The number of thiophene rings is 1. The number of halogens is 1. The van der Waals surface area contributed by atoms with Crippen molar-refractivity contribution in [3.63, 3.8) is 0 Å². The van der Waals surface area contributed by atoms with E-state index in [4.69, 9.17) is 11.6 Å². The Morgan fingerprint density at radius 3 is 2.56 bits per heavy atom. The van der Waals surface area contributed by atoms with Gasteiger partial charge in [0.25, 0.3) is 0 Å². The summed E-state index contributed by atoms with van der Waals surface area (Å²) in [7, 11) is 0. The van der Waals surface area contributed by atoms with Gasteiger partial charge in [-0.3, -0.25) is 4.79 Å². The van der Waals surface area contributed by atoms with E-state index in [0.29, 0.717) is 18.1 Å². The Balaban J connectivity index is 1.62. The van der Waals surface area contributed by atoms with Crippen LogP contribution in [0.4, 0.5) is 0 Å². The van der Waals surface area contributed by atoms with Crippen molar-refractivity contribution in [1.82, 2.24) is 0 Å². The van der Waals surface area contributed by atoms with E-state index in [2.05, 4.69) is 0 Å². The molecule has 2 unspecified atom stereocenters. The minimum atomic E-state index is 0.392. The van der Waals surface area contributed by atoms with Crippen LogP contribution in [-0.4, -0.2) is 5.78 Å². The van der Waals surface area contributed by atoms with Crippen LogP contribution in [0.3, 0.4) is 0 Å². The van der Waals surface area contributed by atoms with Crippen molar-refractivity contribution < 1.29 is 4.79 Å². The minimum Gasteiger partial charge on any atom is -0.299 e. The topological polar surface area (TPSA) is 17.1 Å². The highest BCUT2D eigenvalue weighted by Gasteiger charge is 2.53. The second-order valence-electron chi connectivity index (χ2n) is 4.99. The lowest BCUT2D eigenvalue weighted by molar-refractivity contribution is -0.120. The van der Waals surface area contributed by atoms with Crippen molar-refractivity contribution in [2.24, 2.45) is 17.8 Å². The molecule has 0 aliphatic heterocycles. The lowest BCUT2D eigenvalue weighted by atomic mass is 10.0. The van der Waals surface area contributed by atoms with E-state index < -0.39 is 0 Å². The molecule has 2 aliphatic carbocycles. The normalized spacial score (nSPS) is 32.2. The van der Waals surface area contributed by atoms with Crippen molar-refractivity contribution in [3.8, 4) is 0 Å². The first-order valence-electron chi connectivity index (χ1n) is 6.02. The largest absolute Gasteiger partial charge is 0.299 e. The maximum absolute atomic E-state index is 12.1. The van der Waals surface area contributed by atoms with Crippen LogP contribution in [0.1, 0.15) is 30.6 Å². The van der Waals surface area contributed by atoms with E-state index in [0.717, 1.165) is 21.0 Å². The average Bonchev–Trinajstić information content (AvgIpc) is 2.88. The number of fused-ring (bicyclic) bond motifs is 1. The Labute approximate surface area is 105 Å². The number of hydrogen-bond donors (Lipinski definition) is 0. The molecule has 0 radical (unpaired) electrons. The summed E-state index contributed by atoms with van der Waals surface area (Å²) < 4.78 is 0.788. The molecule has 3 rings (SSSR count). The molecule has 0 bridgehead atoms. The summed E-state index contributed by atoms with van der Waals surface area (Å²) in [5.74, 6) is 2.31. The van der Waals surface area contributed by atoms with Crippen LogP contribution in [0.5, 0.6) is 0 Å². The van der Waals surface area contributed by atoms with E-state index in [9.17, 15) is 4.79 Å². The molecule has 0 N–H and O–H groups in total. The highest BCUT2D eigenvalue weighted by molar-refractivity contribution is 7.16. The Morgan fingerprint density at radius 2 is 2.00 bits per heavy atom. The molecule has 0 amide bonds. The van der Waals surface area contributed by atoms with Crippen molar-refractivity contribution in [3.05, 3.63) is 21.3 Å². The Hall–Kier alpha value is -0.340. The predicted octanol–water partition coefficient (Wildman–Crippen LogP) is 3.95. The molecule has 16 heavy (non-hydrogen) atoms. The third-order valence-corrected chi connectivity index (χ3v) is 5.24. The molecule has 3 heteroatoms. The van der Waals surface area contributed by atoms with Crippen LogP contribution < -0.4 is 0 Å². The molecule has 1 aromatic heterocycles. The standard InChI is InChI=1S/C13H15ClOS/c14-12-6-5-8(16-12)7-11(15)13-9-3-1-2-4-10(9)13/h5-6,9-10,13H,1-4,7H2. The van der Waals surface area contributed by atoms with Crippen molar-refractivity contribution >= 4 is 28.7 Å². The third kappa shape index (κ3) is 1.93. The van der Waals surface area contributed by atoms with Crippen LogP contribution in [-0.2, 0) is 11.2 Å². The number of hydrogen-bond acceptors (Lipinski definition) is 2. The van der Waals surface area contributed by atoms with Gasteiger partial charge < -0.3 is 0 Å². The molecule has 0 spiro atoms. The SMILES string of the molecule is O=C(Cc1ccc(Cl)s1)C1C2CCCCC21. The zero-order valence-corrected chi connectivity index (χ0v) is 10.7. The molecule has 1 heterocycles. The van der Waals surface area contributed by atoms with Gasteiger partial charge in [0.15, 0.2) is 0 Å². The molecule has 2 atom stereocenters. The minimum absolute atomic E-state index is 0.392. The van der Waals surface area contributed by atoms with E-state index in [1.165, 1.54) is 37.0 Å².